The van der Waals surface area contributed by atoms with E-state index in [1.54, 1.807) is 11.2 Å². The van der Waals surface area contributed by atoms with Crippen molar-refractivity contribution in [1.29, 1.82) is 0 Å². The maximum Gasteiger partial charge on any atom is 0.248 e. The molecular formula is C8H14N2O. The maximum absolute atomic E-state index is 11.1. The van der Waals surface area contributed by atoms with Crippen molar-refractivity contribution in [2.45, 2.75) is 33.2 Å². The molecule has 3 heteroatoms. The molecule has 1 amide bonds. The Labute approximate surface area is 67.1 Å². The first kappa shape index (κ1) is 8.24. The summed E-state index contributed by atoms with van der Waals surface area (Å²) in [7, 11) is 0. The fraction of sp³-hybridized carbons (Fsp3) is 0.750. The number of amides is 1. The molecule has 0 aromatic heterocycles. The highest BCUT2D eigenvalue weighted by atomic mass is 16.2. The van der Waals surface area contributed by atoms with Gasteiger partial charge in [-0.25, -0.2) is 5.01 Å². The molecule has 1 rings (SSSR count). The summed E-state index contributed by atoms with van der Waals surface area (Å²) in [5.74, 6) is 0.584. The van der Waals surface area contributed by atoms with Gasteiger partial charge in [-0.2, -0.15) is 5.10 Å². The maximum atomic E-state index is 11.1. The Balaban J connectivity index is 2.59. The molecule has 1 aliphatic rings. The Kier molecular flexibility index (Phi) is 2.27. The standard InChI is InChI=1S/C8H14N2O/c1-6(2)7(3)10-8(11)4-5-9-10/h5-7H,4H2,1-3H3. The van der Waals surface area contributed by atoms with Crippen molar-refractivity contribution in [3.8, 4) is 0 Å². The number of carbonyl (C=O) groups is 1. The second-order valence-electron chi connectivity index (χ2n) is 3.23. The Morgan fingerprint density at radius 1 is 1.55 bits per heavy atom. The lowest BCUT2D eigenvalue weighted by atomic mass is 10.1. The van der Waals surface area contributed by atoms with Gasteiger partial charge in [0, 0.05) is 6.21 Å². The first-order chi connectivity index (χ1) is 5.13. The second kappa shape index (κ2) is 3.03. The minimum atomic E-state index is 0.117. The van der Waals surface area contributed by atoms with Crippen molar-refractivity contribution in [2.24, 2.45) is 11.0 Å². The van der Waals surface area contributed by atoms with Gasteiger partial charge >= 0.3 is 0 Å². The molecule has 0 fully saturated rings. The van der Waals surface area contributed by atoms with E-state index in [4.69, 9.17) is 0 Å². The van der Waals surface area contributed by atoms with Crippen molar-refractivity contribution in [1.82, 2.24) is 5.01 Å². The van der Waals surface area contributed by atoms with Gasteiger partial charge in [-0.1, -0.05) is 13.8 Å². The Morgan fingerprint density at radius 2 is 2.18 bits per heavy atom. The molecule has 0 aromatic rings. The predicted octanol–water partition coefficient (Wildman–Crippen LogP) is 1.25. The quantitative estimate of drug-likeness (QED) is 0.589. The number of hydrogen-bond donors (Lipinski definition) is 0. The third-order valence-electron chi connectivity index (χ3n) is 2.08. The molecule has 0 aromatic carbocycles. The molecule has 1 aliphatic heterocycles. The van der Waals surface area contributed by atoms with Crippen LogP contribution in [-0.4, -0.2) is 23.2 Å². The molecule has 0 radical (unpaired) electrons. The van der Waals surface area contributed by atoms with Crippen LogP contribution in [0.5, 0.6) is 0 Å². The van der Waals surface area contributed by atoms with Crippen molar-refractivity contribution in [2.75, 3.05) is 0 Å². The fourth-order valence-electron chi connectivity index (χ4n) is 0.979. The summed E-state index contributed by atoms with van der Waals surface area (Å²) >= 11 is 0. The molecule has 0 N–H and O–H groups in total. The van der Waals surface area contributed by atoms with Gasteiger partial charge in [0.15, 0.2) is 0 Å². The van der Waals surface area contributed by atoms with E-state index >= 15 is 0 Å². The van der Waals surface area contributed by atoms with E-state index in [1.165, 1.54) is 0 Å². The molecule has 62 valence electrons. The Hall–Kier alpha value is -0.860. The molecular weight excluding hydrogens is 140 g/mol. The van der Waals surface area contributed by atoms with Crippen molar-refractivity contribution < 1.29 is 4.79 Å². The molecule has 0 spiro atoms. The third-order valence-corrected chi connectivity index (χ3v) is 2.08. The molecule has 0 bridgehead atoms. The topological polar surface area (TPSA) is 32.7 Å². The molecule has 1 atom stereocenters. The Morgan fingerprint density at radius 3 is 2.55 bits per heavy atom. The van der Waals surface area contributed by atoms with E-state index < -0.39 is 0 Å². The van der Waals surface area contributed by atoms with Gasteiger partial charge in [-0.05, 0) is 12.8 Å². The fourth-order valence-corrected chi connectivity index (χ4v) is 0.979. The first-order valence-corrected chi connectivity index (χ1v) is 3.97. The van der Waals surface area contributed by atoms with E-state index in [2.05, 4.69) is 18.9 Å². The van der Waals surface area contributed by atoms with Gasteiger partial charge in [0.2, 0.25) is 5.91 Å². The van der Waals surface area contributed by atoms with E-state index in [9.17, 15) is 4.79 Å². The van der Waals surface area contributed by atoms with E-state index in [-0.39, 0.29) is 11.9 Å². The molecule has 0 aliphatic carbocycles. The molecule has 3 nitrogen and oxygen atoms in total. The molecule has 11 heavy (non-hydrogen) atoms. The smallest absolute Gasteiger partial charge is 0.248 e. The third kappa shape index (κ3) is 1.59. The average molecular weight is 154 g/mol. The number of carbonyl (C=O) groups excluding carboxylic acids is 1. The van der Waals surface area contributed by atoms with Gasteiger partial charge < -0.3 is 0 Å². The molecule has 0 saturated heterocycles. The highest BCUT2D eigenvalue weighted by Crippen LogP contribution is 2.14. The average Bonchev–Trinajstić information content (AvgIpc) is 2.33. The number of rotatable bonds is 2. The summed E-state index contributed by atoms with van der Waals surface area (Å²) < 4.78 is 0. The van der Waals surface area contributed by atoms with Crippen LogP contribution in [0.3, 0.4) is 0 Å². The van der Waals surface area contributed by atoms with Gasteiger partial charge in [-0.15, -0.1) is 0 Å². The number of nitrogens with zero attached hydrogens (tertiary/aromatic N) is 2. The van der Waals surface area contributed by atoms with Crippen molar-refractivity contribution in [3.63, 3.8) is 0 Å². The molecule has 1 unspecified atom stereocenters. The van der Waals surface area contributed by atoms with E-state index in [0.717, 1.165) is 0 Å². The molecule has 1 heterocycles. The largest absolute Gasteiger partial charge is 0.273 e. The summed E-state index contributed by atoms with van der Waals surface area (Å²) in [6, 6.07) is 0.223. The summed E-state index contributed by atoms with van der Waals surface area (Å²) in [4.78, 5) is 11.1. The lowest BCUT2D eigenvalue weighted by molar-refractivity contribution is -0.131. The van der Waals surface area contributed by atoms with Crippen LogP contribution in [0.4, 0.5) is 0 Å². The van der Waals surface area contributed by atoms with Crippen LogP contribution in [-0.2, 0) is 4.79 Å². The van der Waals surface area contributed by atoms with Gasteiger partial charge in [0.25, 0.3) is 0 Å². The zero-order valence-electron chi connectivity index (χ0n) is 7.24. The van der Waals surface area contributed by atoms with E-state index in [0.29, 0.717) is 12.3 Å². The SMILES string of the molecule is CC(C)C(C)N1N=CCC1=O. The van der Waals surface area contributed by atoms with Gasteiger partial charge in [0.05, 0.1) is 12.5 Å². The number of hydrazone groups is 1. The normalized spacial score (nSPS) is 20.0. The summed E-state index contributed by atoms with van der Waals surface area (Å²) in [5, 5.41) is 5.57. The zero-order valence-corrected chi connectivity index (χ0v) is 7.24. The minimum Gasteiger partial charge on any atom is -0.273 e. The Bertz CT molecular complexity index is 187. The zero-order chi connectivity index (χ0) is 8.43. The monoisotopic (exact) mass is 154 g/mol. The number of hydrogen-bond acceptors (Lipinski definition) is 2. The van der Waals surface area contributed by atoms with Crippen LogP contribution in [0.2, 0.25) is 0 Å². The lowest BCUT2D eigenvalue weighted by Crippen LogP contribution is -2.34. The highest BCUT2D eigenvalue weighted by Gasteiger charge is 2.24. The molecule has 0 saturated carbocycles. The van der Waals surface area contributed by atoms with Crippen LogP contribution in [0.25, 0.3) is 0 Å². The minimum absolute atomic E-state index is 0.117. The second-order valence-corrected chi connectivity index (χ2v) is 3.23. The lowest BCUT2D eigenvalue weighted by Gasteiger charge is -2.23. The van der Waals surface area contributed by atoms with Gasteiger partial charge in [0.1, 0.15) is 0 Å². The van der Waals surface area contributed by atoms with Crippen LogP contribution in [0, 0.1) is 5.92 Å². The van der Waals surface area contributed by atoms with Gasteiger partial charge in [-0.3, -0.25) is 4.79 Å². The highest BCUT2D eigenvalue weighted by molar-refractivity contribution is 5.93. The van der Waals surface area contributed by atoms with Crippen LogP contribution >= 0.6 is 0 Å². The van der Waals surface area contributed by atoms with Crippen LogP contribution in [0.1, 0.15) is 27.2 Å². The van der Waals surface area contributed by atoms with Crippen LogP contribution < -0.4 is 0 Å². The van der Waals surface area contributed by atoms with Crippen molar-refractivity contribution in [3.05, 3.63) is 0 Å². The summed E-state index contributed by atoms with van der Waals surface area (Å²) in [6.07, 6.45) is 2.14. The first-order valence-electron chi connectivity index (χ1n) is 3.97. The van der Waals surface area contributed by atoms with Crippen LogP contribution in [0.15, 0.2) is 5.10 Å². The van der Waals surface area contributed by atoms with Crippen molar-refractivity contribution >= 4 is 12.1 Å². The summed E-state index contributed by atoms with van der Waals surface area (Å²) in [5.41, 5.74) is 0. The predicted molar refractivity (Wildman–Crippen MR) is 44.3 cm³/mol. The summed E-state index contributed by atoms with van der Waals surface area (Å²) in [6.45, 7) is 6.20. The van der Waals surface area contributed by atoms with E-state index in [1.807, 2.05) is 6.92 Å².